The fourth-order valence-electron chi connectivity index (χ4n) is 1.21. The van der Waals surface area contributed by atoms with Gasteiger partial charge in [0, 0.05) is 6.20 Å². The largest absolute Gasteiger partial charge is 0.482 e. The highest BCUT2D eigenvalue weighted by molar-refractivity contribution is 7.15. The summed E-state index contributed by atoms with van der Waals surface area (Å²) in [6.07, 6.45) is 1.26. The molecule has 102 valence electrons. The predicted molar refractivity (Wildman–Crippen MR) is 57.7 cm³/mol. The van der Waals surface area contributed by atoms with Gasteiger partial charge in [-0.1, -0.05) is 11.6 Å². The van der Waals surface area contributed by atoms with Crippen LogP contribution in [-0.4, -0.2) is 4.98 Å². The third kappa shape index (κ3) is 2.64. The highest BCUT2D eigenvalue weighted by Crippen LogP contribution is 2.30. The summed E-state index contributed by atoms with van der Waals surface area (Å²) in [7, 11) is 0. The van der Waals surface area contributed by atoms with Crippen molar-refractivity contribution in [1.82, 2.24) is 4.98 Å². The van der Waals surface area contributed by atoms with Gasteiger partial charge in [0.2, 0.25) is 29.1 Å². The monoisotopic (exact) mass is 315 g/mol. The van der Waals surface area contributed by atoms with Crippen molar-refractivity contribution in [2.24, 2.45) is 0 Å². The van der Waals surface area contributed by atoms with Gasteiger partial charge in [-0.2, -0.15) is 8.78 Å². The summed E-state index contributed by atoms with van der Waals surface area (Å²) in [6.45, 7) is -0.414. The number of benzene rings is 1. The molecule has 2 nitrogen and oxygen atoms in total. The maximum atomic E-state index is 13.2. The lowest BCUT2D eigenvalue weighted by Crippen LogP contribution is -2.06. The molecule has 1 heterocycles. The molecule has 0 saturated carbocycles. The molecule has 0 atom stereocenters. The fraction of sp³-hybridized carbons (Fsp3) is 0.100. The van der Waals surface area contributed by atoms with Crippen LogP contribution in [0.25, 0.3) is 0 Å². The highest BCUT2D eigenvalue weighted by atomic mass is 35.5. The fourth-order valence-corrected chi connectivity index (χ4v) is 2.10. The van der Waals surface area contributed by atoms with Gasteiger partial charge in [0.25, 0.3) is 0 Å². The second-order valence-electron chi connectivity index (χ2n) is 3.27. The number of hydrogen-bond donors (Lipinski definition) is 0. The molecule has 0 aliphatic carbocycles. The zero-order valence-corrected chi connectivity index (χ0v) is 10.4. The minimum absolute atomic E-state index is 0.163. The van der Waals surface area contributed by atoms with E-state index in [1.165, 1.54) is 6.20 Å². The molecule has 0 spiro atoms. The van der Waals surface area contributed by atoms with E-state index >= 15 is 0 Å². The lowest BCUT2D eigenvalue weighted by Gasteiger charge is -2.09. The van der Waals surface area contributed by atoms with E-state index in [-0.39, 0.29) is 4.47 Å². The quantitative estimate of drug-likeness (QED) is 0.484. The Balaban J connectivity index is 2.30. The van der Waals surface area contributed by atoms with Crippen molar-refractivity contribution in [3.05, 3.63) is 44.6 Å². The Labute approximate surface area is 112 Å². The second kappa shape index (κ2) is 5.30. The number of thiazole rings is 1. The number of ether oxygens (including phenoxy) is 1. The first kappa shape index (κ1) is 14.0. The summed E-state index contributed by atoms with van der Waals surface area (Å²) in [5, 5.41) is 0. The first-order valence-electron chi connectivity index (χ1n) is 4.66. The average molecular weight is 316 g/mol. The molecule has 0 N–H and O–H groups in total. The Kier molecular flexibility index (Phi) is 3.91. The first-order chi connectivity index (χ1) is 8.91. The van der Waals surface area contributed by atoms with Gasteiger partial charge in [0.05, 0.1) is 4.88 Å². The third-order valence-corrected chi connectivity index (χ3v) is 3.14. The van der Waals surface area contributed by atoms with Gasteiger partial charge in [0.1, 0.15) is 6.61 Å². The number of rotatable bonds is 3. The van der Waals surface area contributed by atoms with Crippen LogP contribution in [-0.2, 0) is 6.61 Å². The third-order valence-electron chi connectivity index (χ3n) is 2.05. The van der Waals surface area contributed by atoms with Crippen LogP contribution in [0.3, 0.4) is 0 Å². The maximum Gasteiger partial charge on any atom is 0.207 e. The normalized spacial score (nSPS) is 10.8. The molecule has 0 radical (unpaired) electrons. The molecule has 1 aromatic carbocycles. The van der Waals surface area contributed by atoms with E-state index in [4.69, 9.17) is 11.6 Å². The number of hydrogen-bond acceptors (Lipinski definition) is 3. The van der Waals surface area contributed by atoms with Crippen LogP contribution in [0.4, 0.5) is 22.0 Å². The zero-order chi connectivity index (χ0) is 14.2. The van der Waals surface area contributed by atoms with Crippen molar-refractivity contribution < 1.29 is 26.7 Å². The Hall–Kier alpha value is -1.41. The van der Waals surface area contributed by atoms with Gasteiger partial charge in [-0.25, -0.2) is 18.2 Å². The Morgan fingerprint density at radius 2 is 1.53 bits per heavy atom. The number of halogens is 6. The van der Waals surface area contributed by atoms with Gasteiger partial charge < -0.3 is 4.74 Å². The van der Waals surface area contributed by atoms with E-state index in [0.717, 1.165) is 11.3 Å². The molecule has 0 aliphatic rings. The topological polar surface area (TPSA) is 22.1 Å². The molecule has 2 rings (SSSR count). The molecule has 0 saturated heterocycles. The van der Waals surface area contributed by atoms with Crippen molar-refractivity contribution >= 4 is 22.9 Å². The average Bonchev–Trinajstić information content (AvgIpc) is 2.80. The van der Waals surface area contributed by atoms with E-state index < -0.39 is 41.4 Å². The van der Waals surface area contributed by atoms with Crippen LogP contribution in [0.15, 0.2) is 6.20 Å². The van der Waals surface area contributed by atoms with Crippen LogP contribution in [0.5, 0.6) is 5.75 Å². The van der Waals surface area contributed by atoms with Gasteiger partial charge in [-0.05, 0) is 0 Å². The van der Waals surface area contributed by atoms with Gasteiger partial charge >= 0.3 is 0 Å². The lowest BCUT2D eigenvalue weighted by atomic mass is 10.2. The van der Waals surface area contributed by atoms with E-state index in [2.05, 4.69) is 9.72 Å². The van der Waals surface area contributed by atoms with Crippen molar-refractivity contribution in [2.75, 3.05) is 0 Å². The van der Waals surface area contributed by atoms with Crippen molar-refractivity contribution in [1.29, 1.82) is 0 Å². The van der Waals surface area contributed by atoms with Crippen LogP contribution in [0.2, 0.25) is 4.47 Å². The summed E-state index contributed by atoms with van der Waals surface area (Å²) in [5.41, 5.74) is 0. The standard InChI is InChI=1S/C10H3ClF5NOS/c11-10-17-1-3(19-10)2-18-9-7(15)5(13)4(12)6(14)8(9)16/h1H,2H2. The maximum absolute atomic E-state index is 13.2. The number of nitrogens with zero attached hydrogens (tertiary/aromatic N) is 1. The van der Waals surface area contributed by atoms with E-state index in [1.807, 2.05) is 0 Å². The summed E-state index contributed by atoms with van der Waals surface area (Å²) in [5.74, 6) is -11.7. The van der Waals surface area contributed by atoms with Gasteiger partial charge in [-0.15, -0.1) is 11.3 Å². The summed E-state index contributed by atoms with van der Waals surface area (Å²) in [6, 6.07) is 0. The van der Waals surface area contributed by atoms with Crippen LogP contribution in [0, 0.1) is 29.1 Å². The highest BCUT2D eigenvalue weighted by Gasteiger charge is 2.27. The minimum Gasteiger partial charge on any atom is -0.482 e. The SMILES string of the molecule is Fc1c(F)c(F)c(OCc2cnc(Cl)s2)c(F)c1F. The predicted octanol–water partition coefficient (Wildman–Crippen LogP) is 4.07. The van der Waals surface area contributed by atoms with Crippen LogP contribution < -0.4 is 4.74 Å². The lowest BCUT2D eigenvalue weighted by molar-refractivity contribution is 0.255. The Morgan fingerprint density at radius 3 is 2.00 bits per heavy atom. The van der Waals surface area contributed by atoms with Crippen LogP contribution in [0.1, 0.15) is 4.88 Å². The molecule has 0 fully saturated rings. The molecule has 0 aliphatic heterocycles. The Morgan fingerprint density at radius 1 is 1.00 bits per heavy atom. The first-order valence-corrected chi connectivity index (χ1v) is 5.85. The molecule has 9 heteroatoms. The molecule has 1 aromatic heterocycles. The minimum atomic E-state index is -2.23. The molecule has 0 bridgehead atoms. The molecule has 0 unspecified atom stereocenters. The zero-order valence-electron chi connectivity index (χ0n) is 8.82. The molecular formula is C10H3ClF5NOS. The van der Waals surface area contributed by atoms with E-state index in [0.29, 0.717) is 4.88 Å². The molecule has 19 heavy (non-hydrogen) atoms. The van der Waals surface area contributed by atoms with Crippen molar-refractivity contribution in [3.8, 4) is 5.75 Å². The second-order valence-corrected chi connectivity index (χ2v) is 4.96. The van der Waals surface area contributed by atoms with E-state index in [1.54, 1.807) is 0 Å². The van der Waals surface area contributed by atoms with Crippen molar-refractivity contribution in [2.45, 2.75) is 6.61 Å². The molecular weight excluding hydrogens is 313 g/mol. The van der Waals surface area contributed by atoms with Gasteiger partial charge in [0.15, 0.2) is 10.2 Å². The van der Waals surface area contributed by atoms with Gasteiger partial charge in [-0.3, -0.25) is 0 Å². The molecule has 2 aromatic rings. The molecule has 0 amide bonds. The summed E-state index contributed by atoms with van der Waals surface area (Å²) >= 11 is 6.46. The number of aromatic nitrogens is 1. The summed E-state index contributed by atoms with van der Waals surface area (Å²) < 4.78 is 69.7. The Bertz CT molecular complexity index is 604. The van der Waals surface area contributed by atoms with Crippen molar-refractivity contribution in [3.63, 3.8) is 0 Å². The van der Waals surface area contributed by atoms with E-state index in [9.17, 15) is 22.0 Å². The van der Waals surface area contributed by atoms with Crippen LogP contribution >= 0.6 is 22.9 Å². The summed E-state index contributed by atoms with van der Waals surface area (Å²) in [4.78, 5) is 4.00. The smallest absolute Gasteiger partial charge is 0.207 e.